The Balaban J connectivity index is 1.96. The molecule has 2 aliphatic rings. The summed E-state index contributed by atoms with van der Waals surface area (Å²) in [5.74, 6) is 0. The van der Waals surface area contributed by atoms with Gasteiger partial charge in [0.25, 0.3) is 0 Å². The maximum atomic E-state index is 5.75. The Bertz CT molecular complexity index is 126. The van der Waals surface area contributed by atoms with E-state index in [9.17, 15) is 0 Å². The SMILES string of the molecule is C[C@H]1CN[C@H]2CCC[C@@H]2O1. The number of nitrogens with one attached hydrogen (secondary N) is 1. The van der Waals surface area contributed by atoms with E-state index in [4.69, 9.17) is 4.74 Å². The highest BCUT2D eigenvalue weighted by Gasteiger charge is 2.32. The molecule has 0 aromatic carbocycles. The molecule has 1 saturated carbocycles. The first kappa shape index (κ1) is 6.62. The molecule has 0 spiro atoms. The third kappa shape index (κ3) is 1.06. The van der Waals surface area contributed by atoms with Gasteiger partial charge in [0.2, 0.25) is 0 Å². The average molecular weight is 141 g/mol. The largest absolute Gasteiger partial charge is 0.372 e. The smallest absolute Gasteiger partial charge is 0.0732 e. The fraction of sp³-hybridized carbons (Fsp3) is 1.00. The lowest BCUT2D eigenvalue weighted by Gasteiger charge is -2.31. The van der Waals surface area contributed by atoms with Crippen LogP contribution in [0.2, 0.25) is 0 Å². The van der Waals surface area contributed by atoms with Gasteiger partial charge in [-0.1, -0.05) is 0 Å². The molecule has 0 aromatic heterocycles. The van der Waals surface area contributed by atoms with E-state index in [0.717, 1.165) is 6.54 Å². The molecule has 1 heterocycles. The minimum absolute atomic E-state index is 0.430. The van der Waals surface area contributed by atoms with Crippen molar-refractivity contribution >= 4 is 0 Å². The zero-order chi connectivity index (χ0) is 6.97. The van der Waals surface area contributed by atoms with Crippen LogP contribution in [0.3, 0.4) is 0 Å². The van der Waals surface area contributed by atoms with Gasteiger partial charge in [-0.25, -0.2) is 0 Å². The lowest BCUT2D eigenvalue weighted by Crippen LogP contribution is -2.48. The van der Waals surface area contributed by atoms with Gasteiger partial charge in [-0.15, -0.1) is 0 Å². The quantitative estimate of drug-likeness (QED) is 0.541. The van der Waals surface area contributed by atoms with Crippen LogP contribution in [0, 0.1) is 0 Å². The zero-order valence-electron chi connectivity index (χ0n) is 6.47. The van der Waals surface area contributed by atoms with E-state index < -0.39 is 0 Å². The summed E-state index contributed by atoms with van der Waals surface area (Å²) < 4.78 is 5.75. The first-order chi connectivity index (χ1) is 4.86. The fourth-order valence-electron chi connectivity index (χ4n) is 1.99. The van der Waals surface area contributed by atoms with Crippen molar-refractivity contribution in [3.63, 3.8) is 0 Å². The molecule has 1 saturated heterocycles. The van der Waals surface area contributed by atoms with Crippen molar-refractivity contribution in [1.82, 2.24) is 5.32 Å². The third-order valence-electron chi connectivity index (χ3n) is 2.53. The summed E-state index contributed by atoms with van der Waals surface area (Å²) in [6, 6.07) is 0.677. The van der Waals surface area contributed by atoms with Crippen molar-refractivity contribution < 1.29 is 4.74 Å². The van der Waals surface area contributed by atoms with Crippen LogP contribution in [-0.2, 0) is 4.74 Å². The summed E-state index contributed by atoms with van der Waals surface area (Å²) in [5.41, 5.74) is 0. The van der Waals surface area contributed by atoms with Crippen LogP contribution in [0.1, 0.15) is 26.2 Å². The molecule has 2 heteroatoms. The topological polar surface area (TPSA) is 21.3 Å². The molecule has 2 rings (SSSR count). The predicted molar refractivity (Wildman–Crippen MR) is 40.0 cm³/mol. The number of morpholine rings is 1. The van der Waals surface area contributed by atoms with Crippen LogP contribution in [0.25, 0.3) is 0 Å². The Kier molecular flexibility index (Phi) is 1.66. The van der Waals surface area contributed by atoms with Gasteiger partial charge in [0.15, 0.2) is 0 Å². The van der Waals surface area contributed by atoms with Crippen molar-refractivity contribution in [2.45, 2.75) is 44.4 Å². The van der Waals surface area contributed by atoms with E-state index in [-0.39, 0.29) is 0 Å². The van der Waals surface area contributed by atoms with Gasteiger partial charge in [0, 0.05) is 12.6 Å². The Morgan fingerprint density at radius 2 is 2.30 bits per heavy atom. The van der Waals surface area contributed by atoms with Crippen molar-refractivity contribution in [1.29, 1.82) is 0 Å². The highest BCUT2D eigenvalue weighted by atomic mass is 16.5. The molecule has 0 amide bonds. The molecule has 0 aromatic rings. The minimum atomic E-state index is 0.430. The number of hydrogen-bond acceptors (Lipinski definition) is 2. The Hall–Kier alpha value is -0.0800. The molecule has 58 valence electrons. The van der Waals surface area contributed by atoms with Crippen molar-refractivity contribution in [2.75, 3.05) is 6.54 Å². The normalized spacial score (nSPS) is 47.1. The minimum Gasteiger partial charge on any atom is -0.372 e. The molecule has 2 nitrogen and oxygen atoms in total. The van der Waals surface area contributed by atoms with Crippen LogP contribution in [0.15, 0.2) is 0 Å². The van der Waals surface area contributed by atoms with E-state index in [0.29, 0.717) is 18.2 Å². The Morgan fingerprint density at radius 1 is 1.40 bits per heavy atom. The van der Waals surface area contributed by atoms with Crippen LogP contribution < -0.4 is 5.32 Å². The van der Waals surface area contributed by atoms with Gasteiger partial charge in [0.1, 0.15) is 0 Å². The Labute approximate surface area is 61.9 Å². The lowest BCUT2D eigenvalue weighted by atomic mass is 10.1. The zero-order valence-corrected chi connectivity index (χ0v) is 6.47. The molecule has 0 bridgehead atoms. The molecule has 1 aliphatic carbocycles. The van der Waals surface area contributed by atoms with Gasteiger partial charge >= 0.3 is 0 Å². The number of fused-ring (bicyclic) bond motifs is 1. The highest BCUT2D eigenvalue weighted by Crippen LogP contribution is 2.25. The van der Waals surface area contributed by atoms with Gasteiger partial charge < -0.3 is 10.1 Å². The van der Waals surface area contributed by atoms with Crippen LogP contribution in [-0.4, -0.2) is 24.8 Å². The number of ether oxygens (including phenoxy) is 1. The van der Waals surface area contributed by atoms with Crippen LogP contribution in [0.4, 0.5) is 0 Å². The Morgan fingerprint density at radius 3 is 3.20 bits per heavy atom. The second-order valence-electron chi connectivity index (χ2n) is 3.43. The molecule has 3 atom stereocenters. The molecular weight excluding hydrogens is 126 g/mol. The van der Waals surface area contributed by atoms with Crippen molar-refractivity contribution in [2.24, 2.45) is 0 Å². The van der Waals surface area contributed by atoms with E-state index in [1.807, 2.05) is 0 Å². The van der Waals surface area contributed by atoms with E-state index in [2.05, 4.69) is 12.2 Å². The average Bonchev–Trinajstić information content (AvgIpc) is 2.33. The molecule has 0 radical (unpaired) electrons. The molecule has 0 unspecified atom stereocenters. The summed E-state index contributed by atoms with van der Waals surface area (Å²) in [7, 11) is 0. The maximum absolute atomic E-state index is 5.75. The summed E-state index contributed by atoms with van der Waals surface area (Å²) in [5, 5.41) is 3.51. The second-order valence-corrected chi connectivity index (χ2v) is 3.43. The van der Waals surface area contributed by atoms with E-state index in [1.165, 1.54) is 19.3 Å². The van der Waals surface area contributed by atoms with E-state index >= 15 is 0 Å². The molecule has 1 N–H and O–H groups in total. The van der Waals surface area contributed by atoms with Crippen molar-refractivity contribution in [3.8, 4) is 0 Å². The monoisotopic (exact) mass is 141 g/mol. The molecule has 1 aliphatic heterocycles. The predicted octanol–water partition coefficient (Wildman–Crippen LogP) is 0.916. The van der Waals surface area contributed by atoms with Gasteiger partial charge in [0.05, 0.1) is 12.2 Å². The van der Waals surface area contributed by atoms with Gasteiger partial charge in [-0.3, -0.25) is 0 Å². The van der Waals surface area contributed by atoms with Crippen molar-refractivity contribution in [3.05, 3.63) is 0 Å². The summed E-state index contributed by atoms with van der Waals surface area (Å²) in [6.45, 7) is 3.18. The molecule has 2 fully saturated rings. The van der Waals surface area contributed by atoms with Crippen LogP contribution >= 0.6 is 0 Å². The first-order valence-corrected chi connectivity index (χ1v) is 4.25. The first-order valence-electron chi connectivity index (χ1n) is 4.25. The standard InChI is InChI=1S/C8H15NO/c1-6-5-9-7-3-2-4-8(7)10-6/h6-9H,2-5H2,1H3/t6-,7-,8-/m0/s1. The molecule has 10 heavy (non-hydrogen) atoms. The highest BCUT2D eigenvalue weighted by molar-refractivity contribution is 4.88. The fourth-order valence-corrected chi connectivity index (χ4v) is 1.99. The van der Waals surface area contributed by atoms with Crippen LogP contribution in [0.5, 0.6) is 0 Å². The maximum Gasteiger partial charge on any atom is 0.0732 e. The van der Waals surface area contributed by atoms with Gasteiger partial charge in [-0.2, -0.15) is 0 Å². The lowest BCUT2D eigenvalue weighted by molar-refractivity contribution is -0.0414. The second kappa shape index (κ2) is 2.51. The summed E-state index contributed by atoms with van der Waals surface area (Å²) in [4.78, 5) is 0. The van der Waals surface area contributed by atoms with Gasteiger partial charge in [-0.05, 0) is 26.2 Å². The third-order valence-corrected chi connectivity index (χ3v) is 2.53. The molecular formula is C8H15NO. The number of hydrogen-bond donors (Lipinski definition) is 1. The summed E-state index contributed by atoms with van der Waals surface area (Å²) >= 11 is 0. The number of rotatable bonds is 0. The summed E-state index contributed by atoms with van der Waals surface area (Å²) in [6.07, 6.45) is 4.89. The van der Waals surface area contributed by atoms with E-state index in [1.54, 1.807) is 0 Å².